The zero-order valence-electron chi connectivity index (χ0n) is 13.8. The lowest BCUT2D eigenvalue weighted by molar-refractivity contribution is -0.122. The van der Waals surface area contributed by atoms with Gasteiger partial charge in [0.25, 0.3) is 0 Å². The molecule has 1 aromatic rings. The molecule has 1 heterocycles. The molecule has 1 aromatic carbocycles. The minimum absolute atomic E-state index is 0.0977. The van der Waals surface area contributed by atoms with Gasteiger partial charge in [-0.2, -0.15) is 0 Å². The van der Waals surface area contributed by atoms with Crippen LogP contribution in [0.2, 0.25) is 0 Å². The number of ether oxygens (including phenoxy) is 1. The molecule has 1 atom stereocenters. The van der Waals surface area contributed by atoms with Crippen LogP contribution in [0.5, 0.6) is 0 Å². The van der Waals surface area contributed by atoms with Gasteiger partial charge >= 0.3 is 0 Å². The molecule has 0 aliphatic carbocycles. The third-order valence-corrected chi connectivity index (χ3v) is 3.95. The summed E-state index contributed by atoms with van der Waals surface area (Å²) in [6.45, 7) is 8.40. The van der Waals surface area contributed by atoms with Crippen molar-refractivity contribution in [2.45, 2.75) is 39.3 Å². The normalized spacial score (nSPS) is 19.3. The highest BCUT2D eigenvalue weighted by Crippen LogP contribution is 2.10. The summed E-state index contributed by atoms with van der Waals surface area (Å²) in [6, 6.07) is 10.5. The number of hydrogen-bond donors (Lipinski definition) is 1. The Kier molecular flexibility index (Phi) is 6.87. The number of hydrogen-bond acceptors (Lipinski definition) is 3. The first-order valence-electron chi connectivity index (χ1n) is 8.28. The molecule has 0 saturated carbocycles. The average Bonchev–Trinajstić information content (AvgIpc) is 2.52. The molecule has 0 bridgehead atoms. The van der Waals surface area contributed by atoms with E-state index in [2.05, 4.69) is 48.3 Å². The lowest BCUT2D eigenvalue weighted by atomic mass is 10.1. The van der Waals surface area contributed by atoms with Gasteiger partial charge in [0.15, 0.2) is 0 Å². The number of nitrogens with zero attached hydrogens (tertiary/aromatic N) is 1. The molecule has 122 valence electrons. The van der Waals surface area contributed by atoms with Crippen LogP contribution in [0.15, 0.2) is 30.3 Å². The first-order valence-corrected chi connectivity index (χ1v) is 8.28. The van der Waals surface area contributed by atoms with Crippen molar-refractivity contribution in [1.82, 2.24) is 10.2 Å². The number of carbonyl (C=O) groups is 1. The summed E-state index contributed by atoms with van der Waals surface area (Å²) in [5.74, 6) is 0.704. The summed E-state index contributed by atoms with van der Waals surface area (Å²) in [4.78, 5) is 14.2. The molecule has 0 aromatic heterocycles. The van der Waals surface area contributed by atoms with Gasteiger partial charge in [-0.15, -0.1) is 0 Å². The van der Waals surface area contributed by atoms with Crippen LogP contribution in [0.4, 0.5) is 0 Å². The van der Waals surface area contributed by atoms with E-state index >= 15 is 0 Å². The minimum atomic E-state index is 0.0977. The van der Waals surface area contributed by atoms with E-state index < -0.39 is 0 Å². The van der Waals surface area contributed by atoms with Crippen LogP contribution < -0.4 is 5.32 Å². The summed E-state index contributed by atoms with van der Waals surface area (Å²) >= 11 is 0. The fourth-order valence-electron chi connectivity index (χ4n) is 2.62. The number of nitrogens with one attached hydrogen (secondary N) is 1. The fraction of sp³-hybridized carbons (Fsp3) is 0.611. The summed E-state index contributed by atoms with van der Waals surface area (Å²) < 4.78 is 5.77. The van der Waals surface area contributed by atoms with E-state index in [9.17, 15) is 4.79 Å². The summed E-state index contributed by atoms with van der Waals surface area (Å²) in [5, 5.41) is 3.00. The maximum atomic E-state index is 11.8. The van der Waals surface area contributed by atoms with E-state index in [4.69, 9.17) is 4.74 Å². The van der Waals surface area contributed by atoms with Gasteiger partial charge in [-0.3, -0.25) is 9.69 Å². The third-order valence-electron chi connectivity index (χ3n) is 3.95. The Morgan fingerprint density at radius 2 is 2.14 bits per heavy atom. The second-order valence-corrected chi connectivity index (χ2v) is 6.45. The lowest BCUT2D eigenvalue weighted by Crippen LogP contribution is -2.47. The average molecular weight is 304 g/mol. The number of morpholine rings is 1. The monoisotopic (exact) mass is 304 g/mol. The predicted octanol–water partition coefficient (Wildman–Crippen LogP) is 2.44. The standard InChI is InChI=1S/C18H28N2O2/c1-15(2)8-9-18(21)19-12-17-14-20(10-11-22-17)13-16-6-4-3-5-7-16/h3-7,15,17H,8-14H2,1-2H3,(H,19,21). The van der Waals surface area contributed by atoms with Crippen molar-refractivity contribution in [3.05, 3.63) is 35.9 Å². The van der Waals surface area contributed by atoms with Gasteiger partial charge in [0.1, 0.15) is 0 Å². The number of carbonyl (C=O) groups excluding carboxylic acids is 1. The van der Waals surface area contributed by atoms with Crippen LogP contribution in [-0.4, -0.2) is 43.2 Å². The molecule has 1 amide bonds. The quantitative estimate of drug-likeness (QED) is 0.841. The Morgan fingerprint density at radius 3 is 2.86 bits per heavy atom. The smallest absolute Gasteiger partial charge is 0.220 e. The molecule has 4 heteroatoms. The largest absolute Gasteiger partial charge is 0.374 e. The van der Waals surface area contributed by atoms with Gasteiger partial charge in [0.05, 0.1) is 12.7 Å². The molecule has 22 heavy (non-hydrogen) atoms. The van der Waals surface area contributed by atoms with Gasteiger partial charge in [0, 0.05) is 32.6 Å². The lowest BCUT2D eigenvalue weighted by Gasteiger charge is -2.33. The first-order chi connectivity index (χ1) is 10.6. The van der Waals surface area contributed by atoms with Crippen LogP contribution >= 0.6 is 0 Å². The van der Waals surface area contributed by atoms with Crippen molar-refractivity contribution >= 4 is 5.91 Å². The van der Waals surface area contributed by atoms with Crippen molar-refractivity contribution in [3.8, 4) is 0 Å². The Morgan fingerprint density at radius 1 is 1.36 bits per heavy atom. The molecule has 1 aliphatic rings. The van der Waals surface area contributed by atoms with E-state index in [0.717, 1.165) is 32.7 Å². The Balaban J connectivity index is 1.70. The molecule has 1 unspecified atom stereocenters. The van der Waals surface area contributed by atoms with E-state index in [0.29, 0.717) is 18.9 Å². The Labute approximate surface area is 133 Å². The van der Waals surface area contributed by atoms with E-state index in [1.807, 2.05) is 6.07 Å². The molecular formula is C18H28N2O2. The topological polar surface area (TPSA) is 41.6 Å². The molecule has 2 rings (SSSR count). The third kappa shape index (κ3) is 6.16. The summed E-state index contributed by atoms with van der Waals surface area (Å²) in [7, 11) is 0. The highest BCUT2D eigenvalue weighted by Gasteiger charge is 2.20. The SMILES string of the molecule is CC(C)CCC(=O)NCC1CN(Cc2ccccc2)CCO1. The first kappa shape index (κ1) is 17.0. The van der Waals surface area contributed by atoms with E-state index in [-0.39, 0.29) is 12.0 Å². The van der Waals surface area contributed by atoms with E-state index in [1.165, 1.54) is 5.56 Å². The molecule has 1 aliphatic heterocycles. The summed E-state index contributed by atoms with van der Waals surface area (Å²) in [5.41, 5.74) is 1.32. The molecule has 1 fully saturated rings. The van der Waals surface area contributed by atoms with Crippen LogP contribution in [0.3, 0.4) is 0 Å². The molecule has 4 nitrogen and oxygen atoms in total. The van der Waals surface area contributed by atoms with Gasteiger partial charge in [0.2, 0.25) is 5.91 Å². The number of amides is 1. The van der Waals surface area contributed by atoms with Crippen molar-refractivity contribution in [2.24, 2.45) is 5.92 Å². The Bertz CT molecular complexity index is 448. The Hall–Kier alpha value is -1.39. The molecule has 1 saturated heterocycles. The number of rotatable bonds is 7. The molecule has 1 N–H and O–H groups in total. The molecule has 0 spiro atoms. The van der Waals surface area contributed by atoms with Crippen molar-refractivity contribution in [2.75, 3.05) is 26.2 Å². The van der Waals surface area contributed by atoms with Crippen molar-refractivity contribution in [1.29, 1.82) is 0 Å². The van der Waals surface area contributed by atoms with Crippen LogP contribution in [0.25, 0.3) is 0 Å². The van der Waals surface area contributed by atoms with Gasteiger partial charge < -0.3 is 10.1 Å². The zero-order valence-corrected chi connectivity index (χ0v) is 13.8. The van der Waals surface area contributed by atoms with E-state index in [1.54, 1.807) is 0 Å². The second kappa shape index (κ2) is 8.91. The number of benzene rings is 1. The predicted molar refractivity (Wildman–Crippen MR) is 88.5 cm³/mol. The van der Waals surface area contributed by atoms with Crippen LogP contribution in [0, 0.1) is 5.92 Å². The molecule has 0 radical (unpaired) electrons. The van der Waals surface area contributed by atoms with Crippen molar-refractivity contribution < 1.29 is 9.53 Å². The fourth-order valence-corrected chi connectivity index (χ4v) is 2.62. The zero-order chi connectivity index (χ0) is 15.8. The highest BCUT2D eigenvalue weighted by atomic mass is 16.5. The maximum absolute atomic E-state index is 11.8. The second-order valence-electron chi connectivity index (χ2n) is 6.45. The van der Waals surface area contributed by atoms with Crippen molar-refractivity contribution in [3.63, 3.8) is 0 Å². The van der Waals surface area contributed by atoms with Gasteiger partial charge in [-0.1, -0.05) is 44.2 Å². The highest BCUT2D eigenvalue weighted by molar-refractivity contribution is 5.75. The maximum Gasteiger partial charge on any atom is 0.220 e. The van der Waals surface area contributed by atoms with Gasteiger partial charge in [-0.05, 0) is 17.9 Å². The minimum Gasteiger partial charge on any atom is -0.374 e. The van der Waals surface area contributed by atoms with Crippen LogP contribution in [-0.2, 0) is 16.1 Å². The van der Waals surface area contributed by atoms with Crippen LogP contribution in [0.1, 0.15) is 32.3 Å². The molecular weight excluding hydrogens is 276 g/mol. The van der Waals surface area contributed by atoms with Gasteiger partial charge in [-0.25, -0.2) is 0 Å². The summed E-state index contributed by atoms with van der Waals surface area (Å²) in [6.07, 6.45) is 1.65.